The molecule has 0 spiro atoms. The lowest BCUT2D eigenvalue weighted by Gasteiger charge is -2.35. The van der Waals surface area contributed by atoms with E-state index in [4.69, 9.17) is 4.99 Å². The molecule has 0 amide bonds. The molecule has 0 bridgehead atoms. The van der Waals surface area contributed by atoms with Gasteiger partial charge in [-0.15, -0.1) is 24.0 Å². The molecule has 2 heterocycles. The van der Waals surface area contributed by atoms with Crippen LogP contribution >= 0.6 is 24.0 Å². The highest BCUT2D eigenvalue weighted by molar-refractivity contribution is 14.0. The van der Waals surface area contributed by atoms with E-state index in [1.165, 1.54) is 25.9 Å². The minimum Gasteiger partial charge on any atom is -0.357 e. The van der Waals surface area contributed by atoms with Gasteiger partial charge in [-0.25, -0.2) is 4.98 Å². The molecule has 0 radical (unpaired) electrons. The predicted molar refractivity (Wildman–Crippen MR) is 120 cm³/mol. The van der Waals surface area contributed by atoms with Gasteiger partial charge >= 0.3 is 0 Å². The lowest BCUT2D eigenvalue weighted by molar-refractivity contribution is 0.167. The van der Waals surface area contributed by atoms with Gasteiger partial charge in [0, 0.05) is 57.2 Å². The molecule has 1 aliphatic heterocycles. The van der Waals surface area contributed by atoms with E-state index in [0.29, 0.717) is 12.1 Å². The molecule has 1 fully saturated rings. The van der Waals surface area contributed by atoms with Gasteiger partial charge in [0.25, 0.3) is 0 Å². The van der Waals surface area contributed by atoms with Crippen molar-refractivity contribution in [2.45, 2.75) is 72.0 Å². The summed E-state index contributed by atoms with van der Waals surface area (Å²) in [4.78, 5) is 11.6. The number of aliphatic imine (C=N–C) groups is 1. The Hall–Kier alpha value is -0.830. The van der Waals surface area contributed by atoms with Gasteiger partial charge in [0.05, 0.1) is 0 Å². The number of nitrogens with zero attached hydrogens (tertiary/aromatic N) is 4. The maximum atomic E-state index is 4.76. The van der Waals surface area contributed by atoms with E-state index in [0.717, 1.165) is 44.3 Å². The lowest BCUT2D eigenvalue weighted by atomic mass is 10.0. The average Bonchev–Trinajstić information content (AvgIpc) is 3.00. The van der Waals surface area contributed by atoms with Gasteiger partial charge in [0.2, 0.25) is 0 Å². The molecular formula is C19H37IN6. The van der Waals surface area contributed by atoms with Crippen LogP contribution in [0.25, 0.3) is 0 Å². The molecule has 2 rings (SSSR count). The number of hydrogen-bond donors (Lipinski definition) is 2. The Morgan fingerprint density at radius 2 is 2.04 bits per heavy atom. The molecule has 1 aliphatic rings. The van der Waals surface area contributed by atoms with E-state index in [-0.39, 0.29) is 24.0 Å². The molecule has 26 heavy (non-hydrogen) atoms. The van der Waals surface area contributed by atoms with Crippen LogP contribution in [0.15, 0.2) is 17.4 Å². The fourth-order valence-corrected chi connectivity index (χ4v) is 3.30. The quantitative estimate of drug-likeness (QED) is 0.262. The SMILES string of the molecule is CCNC(=NCCCCn1ccnc1C)NC1CCN(C(C)C)CC1.I. The molecule has 0 saturated carbocycles. The molecular weight excluding hydrogens is 439 g/mol. The molecule has 0 unspecified atom stereocenters. The lowest BCUT2D eigenvalue weighted by Crippen LogP contribution is -2.49. The molecule has 1 aromatic rings. The van der Waals surface area contributed by atoms with Crippen molar-refractivity contribution >= 4 is 29.9 Å². The zero-order chi connectivity index (χ0) is 18.1. The van der Waals surface area contributed by atoms with Crippen LogP contribution in [0.3, 0.4) is 0 Å². The van der Waals surface area contributed by atoms with Gasteiger partial charge in [-0.3, -0.25) is 4.99 Å². The number of unbranched alkanes of at least 4 members (excludes halogenated alkanes) is 1. The normalized spacial score (nSPS) is 16.6. The molecule has 1 saturated heterocycles. The molecule has 1 aromatic heterocycles. The van der Waals surface area contributed by atoms with Crippen LogP contribution in [0.5, 0.6) is 0 Å². The fraction of sp³-hybridized carbons (Fsp3) is 0.789. The van der Waals surface area contributed by atoms with Gasteiger partial charge in [-0.05, 0) is 53.4 Å². The summed E-state index contributed by atoms with van der Waals surface area (Å²) in [7, 11) is 0. The molecule has 6 nitrogen and oxygen atoms in total. The number of halogens is 1. The predicted octanol–water partition coefficient (Wildman–Crippen LogP) is 3.02. The second-order valence-electron chi connectivity index (χ2n) is 7.18. The third-order valence-corrected chi connectivity index (χ3v) is 4.95. The standard InChI is InChI=1S/C19H36N6.HI/c1-5-20-19(23-18-8-13-24(14-9-18)16(2)3)22-10-6-7-12-25-15-11-21-17(25)4;/h11,15-16,18H,5-10,12-14H2,1-4H3,(H2,20,22,23);1H. The zero-order valence-electron chi connectivity index (χ0n) is 16.9. The zero-order valence-corrected chi connectivity index (χ0v) is 19.2. The summed E-state index contributed by atoms with van der Waals surface area (Å²) in [5, 5.41) is 7.01. The Bertz CT molecular complexity index is 520. The van der Waals surface area contributed by atoms with Gasteiger partial charge in [-0.1, -0.05) is 0 Å². The molecule has 2 N–H and O–H groups in total. The van der Waals surface area contributed by atoms with Crippen LogP contribution in [0.1, 0.15) is 52.3 Å². The first-order valence-corrected chi connectivity index (χ1v) is 9.86. The first-order chi connectivity index (χ1) is 12.1. The van der Waals surface area contributed by atoms with Crippen molar-refractivity contribution in [1.82, 2.24) is 25.1 Å². The highest BCUT2D eigenvalue weighted by Gasteiger charge is 2.21. The topological polar surface area (TPSA) is 57.5 Å². The van der Waals surface area contributed by atoms with Crippen molar-refractivity contribution in [3.63, 3.8) is 0 Å². The second kappa shape index (κ2) is 12.5. The number of guanidine groups is 1. The Labute approximate surface area is 176 Å². The smallest absolute Gasteiger partial charge is 0.191 e. The number of nitrogens with one attached hydrogen (secondary N) is 2. The number of rotatable bonds is 8. The van der Waals surface area contributed by atoms with E-state index < -0.39 is 0 Å². The first kappa shape index (κ1) is 23.2. The van der Waals surface area contributed by atoms with Crippen LogP contribution in [0.2, 0.25) is 0 Å². The number of aromatic nitrogens is 2. The minimum absolute atomic E-state index is 0. The second-order valence-corrected chi connectivity index (χ2v) is 7.18. The Morgan fingerprint density at radius 3 is 2.62 bits per heavy atom. The number of likely N-dealkylation sites (tertiary alicyclic amines) is 1. The monoisotopic (exact) mass is 476 g/mol. The van der Waals surface area contributed by atoms with E-state index in [1.807, 2.05) is 12.4 Å². The number of piperidine rings is 1. The largest absolute Gasteiger partial charge is 0.357 e. The molecule has 0 aromatic carbocycles. The number of imidazole rings is 1. The van der Waals surface area contributed by atoms with Crippen LogP contribution < -0.4 is 10.6 Å². The fourth-order valence-electron chi connectivity index (χ4n) is 3.30. The third-order valence-electron chi connectivity index (χ3n) is 4.95. The highest BCUT2D eigenvalue weighted by atomic mass is 127. The van der Waals surface area contributed by atoms with E-state index in [1.54, 1.807) is 0 Å². The Balaban J connectivity index is 0.00000338. The maximum Gasteiger partial charge on any atom is 0.191 e. The van der Waals surface area contributed by atoms with Crippen molar-refractivity contribution in [3.05, 3.63) is 18.2 Å². The summed E-state index contributed by atoms with van der Waals surface area (Å²) in [6.45, 7) is 13.9. The number of hydrogen-bond acceptors (Lipinski definition) is 3. The molecule has 7 heteroatoms. The minimum atomic E-state index is 0. The van der Waals surface area contributed by atoms with Gasteiger partial charge in [0.15, 0.2) is 5.96 Å². The van der Waals surface area contributed by atoms with Gasteiger partial charge < -0.3 is 20.1 Å². The first-order valence-electron chi connectivity index (χ1n) is 9.86. The summed E-state index contributed by atoms with van der Waals surface area (Å²) < 4.78 is 2.20. The average molecular weight is 476 g/mol. The molecule has 0 atom stereocenters. The van der Waals surface area contributed by atoms with Crippen LogP contribution in [-0.2, 0) is 6.54 Å². The van der Waals surface area contributed by atoms with E-state index in [9.17, 15) is 0 Å². The van der Waals surface area contributed by atoms with Crippen LogP contribution in [0, 0.1) is 6.92 Å². The third kappa shape index (κ3) is 7.82. The Morgan fingerprint density at radius 1 is 1.31 bits per heavy atom. The van der Waals surface area contributed by atoms with Crippen molar-refractivity contribution in [2.75, 3.05) is 26.2 Å². The summed E-state index contributed by atoms with van der Waals surface area (Å²) in [5.41, 5.74) is 0. The summed E-state index contributed by atoms with van der Waals surface area (Å²) in [6.07, 6.45) is 8.54. The number of aryl methyl sites for hydroxylation is 2. The van der Waals surface area contributed by atoms with Crippen LogP contribution in [0.4, 0.5) is 0 Å². The van der Waals surface area contributed by atoms with Crippen molar-refractivity contribution in [2.24, 2.45) is 4.99 Å². The molecule has 150 valence electrons. The Kier molecular flexibility index (Phi) is 11.2. The maximum absolute atomic E-state index is 4.76. The van der Waals surface area contributed by atoms with E-state index >= 15 is 0 Å². The molecule has 0 aliphatic carbocycles. The van der Waals surface area contributed by atoms with Gasteiger partial charge in [0.1, 0.15) is 5.82 Å². The van der Waals surface area contributed by atoms with Crippen LogP contribution in [-0.4, -0.2) is 58.7 Å². The van der Waals surface area contributed by atoms with E-state index in [2.05, 4.69) is 52.8 Å². The summed E-state index contributed by atoms with van der Waals surface area (Å²) in [5.74, 6) is 2.07. The van der Waals surface area contributed by atoms with Gasteiger partial charge in [-0.2, -0.15) is 0 Å². The highest BCUT2D eigenvalue weighted by Crippen LogP contribution is 2.12. The van der Waals surface area contributed by atoms with Crippen molar-refractivity contribution in [3.8, 4) is 0 Å². The van der Waals surface area contributed by atoms with Crippen molar-refractivity contribution < 1.29 is 0 Å². The summed E-state index contributed by atoms with van der Waals surface area (Å²) >= 11 is 0. The summed E-state index contributed by atoms with van der Waals surface area (Å²) in [6, 6.07) is 1.20. The van der Waals surface area contributed by atoms with Crippen molar-refractivity contribution in [1.29, 1.82) is 0 Å².